The van der Waals surface area contributed by atoms with Gasteiger partial charge in [0.2, 0.25) is 0 Å². The minimum absolute atomic E-state index is 0.0112. The van der Waals surface area contributed by atoms with Gasteiger partial charge in [0.25, 0.3) is 0 Å². The zero-order chi connectivity index (χ0) is 14.0. The summed E-state index contributed by atoms with van der Waals surface area (Å²) in [6.45, 7) is 1.09. The zero-order valence-electron chi connectivity index (χ0n) is 10.1. The fraction of sp³-hybridized carbons (Fsp3) is 0.538. The molecule has 1 fully saturated rings. The van der Waals surface area contributed by atoms with Gasteiger partial charge in [0.1, 0.15) is 0 Å². The molecule has 1 aromatic rings. The molecule has 1 N–H and O–H groups in total. The molecule has 0 spiro atoms. The second-order valence-corrected chi connectivity index (χ2v) is 5.49. The van der Waals surface area contributed by atoms with Crippen molar-refractivity contribution in [2.24, 2.45) is 5.92 Å². The van der Waals surface area contributed by atoms with Crippen molar-refractivity contribution in [3.05, 3.63) is 33.8 Å². The summed E-state index contributed by atoms with van der Waals surface area (Å²) < 4.78 is 43.6. The van der Waals surface area contributed by atoms with Crippen LogP contribution in [0.25, 0.3) is 0 Å². The Balaban J connectivity index is 2.24. The van der Waals surface area contributed by atoms with Crippen LogP contribution in [0.15, 0.2) is 22.7 Å². The summed E-state index contributed by atoms with van der Waals surface area (Å²) in [5.41, 5.74) is -0.446. The Bertz CT molecular complexity index is 442. The second-order valence-electron chi connectivity index (χ2n) is 4.63. The van der Waals surface area contributed by atoms with Crippen LogP contribution in [0.2, 0.25) is 0 Å². The molecule has 19 heavy (non-hydrogen) atoms. The van der Waals surface area contributed by atoms with E-state index >= 15 is 0 Å². The average Bonchev–Trinajstić information content (AvgIpc) is 2.38. The molecule has 0 bridgehead atoms. The fourth-order valence-electron chi connectivity index (χ4n) is 2.25. The van der Waals surface area contributed by atoms with Crippen LogP contribution < -0.4 is 0 Å². The van der Waals surface area contributed by atoms with E-state index < -0.39 is 17.8 Å². The van der Waals surface area contributed by atoms with Crippen LogP contribution in [-0.2, 0) is 10.9 Å². The van der Waals surface area contributed by atoms with Crippen LogP contribution in [0.1, 0.15) is 30.1 Å². The summed E-state index contributed by atoms with van der Waals surface area (Å²) >= 11 is 2.89. The largest absolute Gasteiger partial charge is 0.417 e. The Morgan fingerprint density at radius 1 is 1.26 bits per heavy atom. The normalized spacial score (nSPS) is 19.4. The van der Waals surface area contributed by atoms with Crippen LogP contribution in [0.4, 0.5) is 13.2 Å². The van der Waals surface area contributed by atoms with E-state index in [0.717, 1.165) is 6.07 Å². The zero-order valence-corrected chi connectivity index (χ0v) is 11.7. The Kier molecular flexibility index (Phi) is 4.53. The van der Waals surface area contributed by atoms with Gasteiger partial charge in [-0.2, -0.15) is 13.2 Å². The minimum Gasteiger partial charge on any atom is -0.388 e. The van der Waals surface area contributed by atoms with Crippen LogP contribution in [0.3, 0.4) is 0 Å². The third-order valence-corrected chi connectivity index (χ3v) is 4.04. The first-order chi connectivity index (χ1) is 8.89. The molecular formula is C13H14BrF3O2. The first-order valence-corrected chi connectivity index (χ1v) is 6.81. The summed E-state index contributed by atoms with van der Waals surface area (Å²) in [6.07, 6.45) is -3.97. The van der Waals surface area contributed by atoms with Crippen LogP contribution in [0.5, 0.6) is 0 Å². The number of benzene rings is 1. The topological polar surface area (TPSA) is 29.5 Å². The molecule has 2 rings (SSSR count). The van der Waals surface area contributed by atoms with E-state index in [1.165, 1.54) is 12.1 Å². The van der Waals surface area contributed by atoms with E-state index in [4.69, 9.17) is 4.74 Å². The fourth-order valence-corrected chi connectivity index (χ4v) is 2.72. The quantitative estimate of drug-likeness (QED) is 0.885. The molecule has 0 amide bonds. The molecule has 0 aliphatic carbocycles. The third-order valence-electron chi connectivity index (χ3n) is 3.35. The van der Waals surface area contributed by atoms with Crippen molar-refractivity contribution in [1.29, 1.82) is 0 Å². The van der Waals surface area contributed by atoms with Crippen molar-refractivity contribution in [3.8, 4) is 0 Å². The van der Waals surface area contributed by atoms with Crippen LogP contribution in [-0.4, -0.2) is 18.3 Å². The SMILES string of the molecule is OC(c1ccc(Br)c(C(F)(F)F)c1)C1CCOCC1. The lowest BCUT2D eigenvalue weighted by atomic mass is 9.89. The number of aliphatic hydroxyl groups excluding tert-OH is 1. The lowest BCUT2D eigenvalue weighted by Gasteiger charge is -2.27. The van der Waals surface area contributed by atoms with Gasteiger partial charge in [0.15, 0.2) is 0 Å². The monoisotopic (exact) mass is 338 g/mol. The molecule has 0 saturated carbocycles. The highest BCUT2D eigenvalue weighted by Crippen LogP contribution is 2.38. The van der Waals surface area contributed by atoms with Gasteiger partial charge in [-0.3, -0.25) is 0 Å². The van der Waals surface area contributed by atoms with E-state index in [2.05, 4.69) is 15.9 Å². The number of alkyl halides is 3. The van der Waals surface area contributed by atoms with E-state index in [-0.39, 0.29) is 10.4 Å². The number of halogens is 4. The second kappa shape index (κ2) is 5.81. The average molecular weight is 339 g/mol. The minimum atomic E-state index is -4.43. The van der Waals surface area contributed by atoms with Crippen molar-refractivity contribution in [2.45, 2.75) is 25.1 Å². The molecule has 1 unspecified atom stereocenters. The lowest BCUT2D eigenvalue weighted by Crippen LogP contribution is -2.22. The Labute approximate surface area is 117 Å². The van der Waals surface area contributed by atoms with Gasteiger partial charge in [0, 0.05) is 17.7 Å². The van der Waals surface area contributed by atoms with Crippen molar-refractivity contribution >= 4 is 15.9 Å². The predicted octanol–water partition coefficient (Wildman–Crippen LogP) is 3.93. The van der Waals surface area contributed by atoms with E-state index in [9.17, 15) is 18.3 Å². The highest BCUT2D eigenvalue weighted by molar-refractivity contribution is 9.10. The third kappa shape index (κ3) is 3.49. The number of hydrogen-bond donors (Lipinski definition) is 1. The predicted molar refractivity (Wildman–Crippen MR) is 67.6 cm³/mol. The number of rotatable bonds is 2. The van der Waals surface area contributed by atoms with Gasteiger partial charge in [-0.05, 0) is 36.5 Å². The lowest BCUT2D eigenvalue weighted by molar-refractivity contribution is -0.138. The molecule has 1 saturated heterocycles. The molecule has 0 aromatic heterocycles. The molecule has 1 heterocycles. The number of aliphatic hydroxyl groups is 1. The van der Waals surface area contributed by atoms with Gasteiger partial charge >= 0.3 is 6.18 Å². The van der Waals surface area contributed by atoms with Crippen molar-refractivity contribution in [2.75, 3.05) is 13.2 Å². The van der Waals surface area contributed by atoms with Crippen molar-refractivity contribution in [3.63, 3.8) is 0 Å². The highest BCUT2D eigenvalue weighted by Gasteiger charge is 2.34. The summed E-state index contributed by atoms with van der Waals surface area (Å²) in [5.74, 6) is -0.0454. The molecule has 0 radical (unpaired) electrons. The first kappa shape index (κ1) is 14.8. The molecule has 1 aliphatic rings. The molecule has 106 valence electrons. The maximum Gasteiger partial charge on any atom is 0.417 e. The van der Waals surface area contributed by atoms with Crippen LogP contribution >= 0.6 is 15.9 Å². The number of ether oxygens (including phenoxy) is 1. The molecule has 2 nitrogen and oxygen atoms in total. The van der Waals surface area contributed by atoms with Gasteiger partial charge in [0.05, 0.1) is 11.7 Å². The Hall–Kier alpha value is -0.590. The van der Waals surface area contributed by atoms with Crippen LogP contribution in [0, 0.1) is 5.92 Å². The smallest absolute Gasteiger partial charge is 0.388 e. The van der Waals surface area contributed by atoms with E-state index in [1.54, 1.807) is 0 Å². The molecule has 1 atom stereocenters. The van der Waals surface area contributed by atoms with Crippen molar-refractivity contribution in [1.82, 2.24) is 0 Å². The Morgan fingerprint density at radius 3 is 2.47 bits per heavy atom. The van der Waals surface area contributed by atoms with Gasteiger partial charge in [-0.1, -0.05) is 22.0 Å². The summed E-state index contributed by atoms with van der Waals surface area (Å²) in [6, 6.07) is 3.88. The maximum atomic E-state index is 12.8. The summed E-state index contributed by atoms with van der Waals surface area (Å²) in [5, 5.41) is 10.2. The standard InChI is InChI=1S/C13H14BrF3O2/c14-11-2-1-9(7-10(11)13(15,16)17)12(18)8-3-5-19-6-4-8/h1-2,7-8,12,18H,3-6H2. The Morgan fingerprint density at radius 2 is 1.89 bits per heavy atom. The maximum absolute atomic E-state index is 12.8. The highest BCUT2D eigenvalue weighted by atomic mass is 79.9. The summed E-state index contributed by atoms with van der Waals surface area (Å²) in [7, 11) is 0. The van der Waals surface area contributed by atoms with E-state index in [1.807, 2.05) is 0 Å². The van der Waals surface area contributed by atoms with E-state index in [0.29, 0.717) is 31.6 Å². The van der Waals surface area contributed by atoms with Gasteiger partial charge in [-0.15, -0.1) is 0 Å². The van der Waals surface area contributed by atoms with Crippen molar-refractivity contribution < 1.29 is 23.0 Å². The molecule has 6 heteroatoms. The number of hydrogen-bond acceptors (Lipinski definition) is 2. The molecular weight excluding hydrogens is 325 g/mol. The van der Waals surface area contributed by atoms with Gasteiger partial charge in [-0.25, -0.2) is 0 Å². The first-order valence-electron chi connectivity index (χ1n) is 6.02. The summed E-state index contributed by atoms with van der Waals surface area (Å²) in [4.78, 5) is 0. The van der Waals surface area contributed by atoms with Gasteiger partial charge < -0.3 is 9.84 Å². The molecule has 1 aromatic carbocycles. The molecule has 1 aliphatic heterocycles.